The number of carbonyl (C=O) groups excluding carboxylic acids is 1. The number of carboxylic acids is 1. The van der Waals surface area contributed by atoms with E-state index < -0.39 is 5.97 Å². The lowest BCUT2D eigenvalue weighted by molar-refractivity contribution is -0.143. The van der Waals surface area contributed by atoms with Crippen LogP contribution in [0.3, 0.4) is 0 Å². The summed E-state index contributed by atoms with van der Waals surface area (Å²) in [5, 5.41) is 9.04. The molecule has 2 heterocycles. The fraction of sp³-hybridized carbons (Fsp3) is 0.857. The van der Waals surface area contributed by atoms with Gasteiger partial charge in [0.2, 0.25) is 0 Å². The predicted molar refractivity (Wildman–Crippen MR) is 71.9 cm³/mol. The molecular formula is C14H24N2O3. The zero-order valence-electron chi connectivity index (χ0n) is 11.8. The van der Waals surface area contributed by atoms with Crippen molar-refractivity contribution in [3.8, 4) is 0 Å². The summed E-state index contributed by atoms with van der Waals surface area (Å²) in [6, 6.07) is 0.130. The van der Waals surface area contributed by atoms with Gasteiger partial charge >= 0.3 is 12.0 Å². The van der Waals surface area contributed by atoms with Gasteiger partial charge in [-0.1, -0.05) is 6.92 Å². The lowest BCUT2D eigenvalue weighted by atomic mass is 9.92. The Labute approximate surface area is 114 Å². The van der Waals surface area contributed by atoms with Crippen molar-refractivity contribution < 1.29 is 14.7 Å². The van der Waals surface area contributed by atoms with Crippen molar-refractivity contribution in [1.82, 2.24) is 9.80 Å². The number of hydrogen-bond donors (Lipinski definition) is 1. The van der Waals surface area contributed by atoms with Crippen molar-refractivity contribution in [3.05, 3.63) is 0 Å². The van der Waals surface area contributed by atoms with Crippen LogP contribution < -0.4 is 0 Å². The lowest BCUT2D eigenvalue weighted by Crippen LogP contribution is -2.53. The molecule has 2 unspecified atom stereocenters. The molecule has 0 aromatic heterocycles. The Hall–Kier alpha value is -1.26. The van der Waals surface area contributed by atoms with Gasteiger partial charge in [-0.25, -0.2) is 4.79 Å². The van der Waals surface area contributed by atoms with Crippen LogP contribution in [0.5, 0.6) is 0 Å². The summed E-state index contributed by atoms with van der Waals surface area (Å²) < 4.78 is 0. The molecule has 1 N–H and O–H groups in total. The zero-order chi connectivity index (χ0) is 14.0. The zero-order valence-corrected chi connectivity index (χ0v) is 11.8. The second kappa shape index (κ2) is 5.80. The van der Waals surface area contributed by atoms with Gasteiger partial charge in [-0.3, -0.25) is 4.79 Å². The summed E-state index contributed by atoms with van der Waals surface area (Å²) >= 11 is 0. The molecule has 2 amide bonds. The van der Waals surface area contributed by atoms with E-state index in [1.165, 1.54) is 0 Å². The third kappa shape index (κ3) is 3.19. The maximum Gasteiger partial charge on any atom is 0.320 e. The van der Waals surface area contributed by atoms with Crippen LogP contribution in [0.25, 0.3) is 0 Å². The van der Waals surface area contributed by atoms with Gasteiger partial charge in [0, 0.05) is 25.7 Å². The molecule has 0 bridgehead atoms. The van der Waals surface area contributed by atoms with Crippen LogP contribution in [0.4, 0.5) is 4.79 Å². The highest BCUT2D eigenvalue weighted by atomic mass is 16.4. The van der Waals surface area contributed by atoms with E-state index in [-0.39, 0.29) is 18.0 Å². The molecule has 5 nitrogen and oxygen atoms in total. The van der Waals surface area contributed by atoms with E-state index in [2.05, 4.69) is 6.92 Å². The summed E-state index contributed by atoms with van der Waals surface area (Å²) in [6.45, 7) is 6.43. The number of hydrogen-bond acceptors (Lipinski definition) is 2. The average Bonchev–Trinajstić information content (AvgIpc) is 2.38. The first-order chi connectivity index (χ1) is 8.99. The van der Waals surface area contributed by atoms with Crippen molar-refractivity contribution in [2.75, 3.05) is 19.6 Å². The lowest BCUT2D eigenvalue weighted by Gasteiger charge is -2.41. The summed E-state index contributed by atoms with van der Waals surface area (Å²) in [5.74, 6) is -0.314. The van der Waals surface area contributed by atoms with E-state index in [0.717, 1.165) is 25.9 Å². The summed E-state index contributed by atoms with van der Waals surface area (Å²) in [4.78, 5) is 27.2. The van der Waals surface area contributed by atoms with E-state index >= 15 is 0 Å². The van der Waals surface area contributed by atoms with E-state index in [9.17, 15) is 9.59 Å². The molecule has 0 saturated carbocycles. The number of nitrogens with zero attached hydrogens (tertiary/aromatic N) is 2. The molecule has 2 aliphatic heterocycles. The molecule has 108 valence electrons. The van der Waals surface area contributed by atoms with Crippen LogP contribution in [0, 0.1) is 11.8 Å². The molecule has 2 atom stereocenters. The number of carboxylic acid groups (broad SMARTS) is 1. The Bertz CT molecular complexity index is 351. The Morgan fingerprint density at radius 3 is 2.21 bits per heavy atom. The van der Waals surface area contributed by atoms with Gasteiger partial charge in [0.25, 0.3) is 0 Å². The molecule has 5 heteroatoms. The van der Waals surface area contributed by atoms with Gasteiger partial charge in [0.05, 0.1) is 5.92 Å². The molecule has 0 aliphatic carbocycles. The maximum atomic E-state index is 12.5. The highest BCUT2D eigenvalue weighted by Gasteiger charge is 2.34. The van der Waals surface area contributed by atoms with Gasteiger partial charge in [-0.05, 0) is 38.5 Å². The van der Waals surface area contributed by atoms with Gasteiger partial charge in [0.1, 0.15) is 0 Å². The molecule has 2 aliphatic rings. The van der Waals surface area contributed by atoms with Crippen LogP contribution in [0.1, 0.15) is 39.5 Å². The average molecular weight is 268 g/mol. The van der Waals surface area contributed by atoms with Gasteiger partial charge in [0.15, 0.2) is 0 Å². The standard InChI is InChI=1S/C14H24N2O3/c1-10-3-6-15(7-4-10)14(19)16-8-5-12(13(17)18)9-11(16)2/h10-12H,3-9H2,1-2H3,(H,17,18). The number of amides is 2. The number of likely N-dealkylation sites (tertiary alicyclic amines) is 2. The fourth-order valence-corrected chi connectivity index (χ4v) is 3.06. The molecule has 2 fully saturated rings. The first-order valence-corrected chi connectivity index (χ1v) is 7.27. The molecule has 2 rings (SSSR count). The highest BCUT2D eigenvalue weighted by Crippen LogP contribution is 2.25. The normalized spacial score (nSPS) is 29.4. The minimum atomic E-state index is -0.731. The summed E-state index contributed by atoms with van der Waals surface area (Å²) in [7, 11) is 0. The topological polar surface area (TPSA) is 60.9 Å². The van der Waals surface area contributed by atoms with E-state index in [4.69, 9.17) is 5.11 Å². The first-order valence-electron chi connectivity index (χ1n) is 7.27. The van der Waals surface area contributed by atoms with Crippen molar-refractivity contribution >= 4 is 12.0 Å². The van der Waals surface area contributed by atoms with Crippen molar-refractivity contribution in [3.63, 3.8) is 0 Å². The van der Waals surface area contributed by atoms with E-state index in [0.29, 0.717) is 25.3 Å². The molecule has 19 heavy (non-hydrogen) atoms. The second-order valence-corrected chi connectivity index (χ2v) is 6.05. The second-order valence-electron chi connectivity index (χ2n) is 6.05. The Balaban J connectivity index is 1.91. The van der Waals surface area contributed by atoms with Crippen LogP contribution in [0.2, 0.25) is 0 Å². The largest absolute Gasteiger partial charge is 0.481 e. The quantitative estimate of drug-likeness (QED) is 0.791. The smallest absolute Gasteiger partial charge is 0.320 e. The number of aliphatic carboxylic acids is 1. The monoisotopic (exact) mass is 268 g/mol. The van der Waals surface area contributed by atoms with E-state index in [1.807, 2.05) is 16.7 Å². The molecule has 0 aromatic rings. The van der Waals surface area contributed by atoms with E-state index in [1.54, 1.807) is 0 Å². The minimum absolute atomic E-state index is 0.0294. The van der Waals surface area contributed by atoms with Gasteiger partial charge in [-0.15, -0.1) is 0 Å². The fourth-order valence-electron chi connectivity index (χ4n) is 3.06. The molecule has 0 radical (unpaired) electrons. The minimum Gasteiger partial charge on any atom is -0.481 e. The molecule has 0 aromatic carbocycles. The maximum absolute atomic E-state index is 12.5. The van der Waals surface area contributed by atoms with Gasteiger partial charge < -0.3 is 14.9 Å². The van der Waals surface area contributed by atoms with Crippen LogP contribution >= 0.6 is 0 Å². The number of urea groups is 1. The third-order valence-electron chi connectivity index (χ3n) is 4.53. The number of rotatable bonds is 1. The molecule has 2 saturated heterocycles. The van der Waals surface area contributed by atoms with Crippen molar-refractivity contribution in [1.29, 1.82) is 0 Å². The van der Waals surface area contributed by atoms with Crippen LogP contribution in [0.15, 0.2) is 0 Å². The van der Waals surface area contributed by atoms with Crippen molar-refractivity contribution in [2.24, 2.45) is 11.8 Å². The Morgan fingerprint density at radius 1 is 1.05 bits per heavy atom. The third-order valence-corrected chi connectivity index (χ3v) is 4.53. The SMILES string of the molecule is CC1CCN(C(=O)N2CCC(C(=O)O)CC2C)CC1. The highest BCUT2D eigenvalue weighted by molar-refractivity contribution is 5.76. The Morgan fingerprint density at radius 2 is 1.68 bits per heavy atom. The van der Waals surface area contributed by atoms with Gasteiger partial charge in [-0.2, -0.15) is 0 Å². The van der Waals surface area contributed by atoms with Crippen LogP contribution in [-0.2, 0) is 4.79 Å². The molecule has 0 spiro atoms. The van der Waals surface area contributed by atoms with Crippen molar-refractivity contribution in [2.45, 2.75) is 45.6 Å². The summed E-state index contributed by atoms with van der Waals surface area (Å²) in [6.07, 6.45) is 3.30. The number of carbonyl (C=O) groups is 2. The van der Waals surface area contributed by atoms with Crippen LogP contribution in [-0.4, -0.2) is 52.6 Å². The summed E-state index contributed by atoms with van der Waals surface area (Å²) in [5.41, 5.74) is 0. The predicted octanol–water partition coefficient (Wildman–Crippen LogP) is 2.02. The molecular weight excluding hydrogens is 244 g/mol. The first kappa shape index (κ1) is 14.2. The number of piperidine rings is 2. The Kier molecular flexibility index (Phi) is 4.32.